The summed E-state index contributed by atoms with van der Waals surface area (Å²) in [7, 11) is 0. The Balaban J connectivity index is 2.08. The highest BCUT2D eigenvalue weighted by Gasteiger charge is 2.05. The minimum absolute atomic E-state index is 0.780. The molecule has 0 atom stereocenters. The lowest BCUT2D eigenvalue weighted by Gasteiger charge is -2.07. The normalized spacial score (nSPS) is 10.8. The van der Waals surface area contributed by atoms with Crippen molar-refractivity contribution in [3.05, 3.63) is 60.4 Å². The highest BCUT2D eigenvalue weighted by molar-refractivity contribution is 5.84. The monoisotopic (exact) mass is 223 g/mol. The molecule has 0 fully saturated rings. The van der Waals surface area contributed by atoms with E-state index in [9.17, 15) is 0 Å². The molecule has 17 heavy (non-hydrogen) atoms. The van der Waals surface area contributed by atoms with Crippen LogP contribution in [0.3, 0.4) is 0 Å². The standard InChI is InChI=1S/C14H13N3/c15-14-9-12-3-1-2-4-13(12)17(14)10-11-5-7-16-8-6-11/h1-9H,10,15H2. The van der Waals surface area contributed by atoms with Gasteiger partial charge in [-0.25, -0.2) is 0 Å². The summed E-state index contributed by atoms with van der Waals surface area (Å²) in [6.45, 7) is 0.780. The summed E-state index contributed by atoms with van der Waals surface area (Å²) in [5.41, 5.74) is 8.42. The second-order valence-electron chi connectivity index (χ2n) is 4.07. The van der Waals surface area contributed by atoms with Crippen LogP contribution in [0, 0.1) is 0 Å². The van der Waals surface area contributed by atoms with Crippen molar-refractivity contribution < 1.29 is 0 Å². The number of nitrogen functional groups attached to an aromatic ring is 1. The second-order valence-corrected chi connectivity index (χ2v) is 4.07. The van der Waals surface area contributed by atoms with Crippen LogP contribution < -0.4 is 5.73 Å². The summed E-state index contributed by atoms with van der Waals surface area (Å²) in [5.74, 6) is 0.794. The van der Waals surface area contributed by atoms with Gasteiger partial charge in [0.1, 0.15) is 5.82 Å². The van der Waals surface area contributed by atoms with Crippen LogP contribution in [0.25, 0.3) is 10.9 Å². The van der Waals surface area contributed by atoms with E-state index in [1.807, 2.05) is 30.3 Å². The summed E-state index contributed by atoms with van der Waals surface area (Å²) in [5, 5.41) is 1.18. The lowest BCUT2D eigenvalue weighted by molar-refractivity contribution is 0.846. The van der Waals surface area contributed by atoms with E-state index in [2.05, 4.69) is 21.7 Å². The lowest BCUT2D eigenvalue weighted by atomic mass is 10.2. The third-order valence-electron chi connectivity index (χ3n) is 2.93. The Morgan fingerprint density at radius 2 is 1.82 bits per heavy atom. The van der Waals surface area contributed by atoms with Gasteiger partial charge in [0.25, 0.3) is 0 Å². The molecule has 2 heterocycles. The Morgan fingerprint density at radius 1 is 1.06 bits per heavy atom. The first-order valence-electron chi connectivity index (χ1n) is 5.57. The van der Waals surface area contributed by atoms with E-state index in [4.69, 9.17) is 5.73 Å². The Bertz CT molecular complexity index is 641. The number of nitrogens with two attached hydrogens (primary N) is 1. The number of benzene rings is 1. The minimum atomic E-state index is 0.780. The van der Waals surface area contributed by atoms with Crippen molar-refractivity contribution in [1.29, 1.82) is 0 Å². The van der Waals surface area contributed by atoms with E-state index in [0.717, 1.165) is 12.4 Å². The van der Waals surface area contributed by atoms with E-state index in [1.165, 1.54) is 16.5 Å². The molecule has 0 aliphatic carbocycles. The minimum Gasteiger partial charge on any atom is -0.385 e. The SMILES string of the molecule is Nc1cc2ccccc2n1Cc1ccncc1. The molecule has 0 aliphatic heterocycles. The number of rotatable bonds is 2. The third kappa shape index (κ3) is 1.76. The fourth-order valence-electron chi connectivity index (χ4n) is 2.08. The Hall–Kier alpha value is -2.29. The molecule has 0 bridgehead atoms. The number of fused-ring (bicyclic) bond motifs is 1. The van der Waals surface area contributed by atoms with Crippen molar-refractivity contribution in [3.63, 3.8) is 0 Å². The molecular formula is C14H13N3. The molecule has 0 saturated heterocycles. The van der Waals surface area contributed by atoms with E-state index in [-0.39, 0.29) is 0 Å². The average molecular weight is 223 g/mol. The highest BCUT2D eigenvalue weighted by Crippen LogP contribution is 2.22. The topological polar surface area (TPSA) is 43.8 Å². The van der Waals surface area contributed by atoms with E-state index < -0.39 is 0 Å². The molecule has 0 spiro atoms. The molecule has 3 aromatic rings. The fourth-order valence-corrected chi connectivity index (χ4v) is 2.08. The van der Waals surface area contributed by atoms with Gasteiger partial charge in [-0.05, 0) is 29.8 Å². The van der Waals surface area contributed by atoms with Crippen molar-refractivity contribution in [1.82, 2.24) is 9.55 Å². The maximum Gasteiger partial charge on any atom is 0.104 e. The summed E-state index contributed by atoms with van der Waals surface area (Å²) < 4.78 is 2.12. The van der Waals surface area contributed by atoms with Crippen LogP contribution >= 0.6 is 0 Å². The van der Waals surface area contributed by atoms with Gasteiger partial charge in [-0.15, -0.1) is 0 Å². The number of pyridine rings is 1. The van der Waals surface area contributed by atoms with Crippen molar-refractivity contribution in [2.24, 2.45) is 0 Å². The highest BCUT2D eigenvalue weighted by atomic mass is 15.0. The van der Waals surface area contributed by atoms with Crippen LogP contribution in [-0.2, 0) is 6.54 Å². The van der Waals surface area contributed by atoms with Gasteiger partial charge >= 0.3 is 0 Å². The van der Waals surface area contributed by atoms with Crippen LogP contribution in [0.4, 0.5) is 5.82 Å². The molecule has 84 valence electrons. The van der Waals surface area contributed by atoms with Crippen LogP contribution in [-0.4, -0.2) is 9.55 Å². The Morgan fingerprint density at radius 3 is 2.65 bits per heavy atom. The molecule has 3 nitrogen and oxygen atoms in total. The zero-order valence-electron chi connectivity index (χ0n) is 9.38. The first-order chi connectivity index (χ1) is 8.34. The average Bonchev–Trinajstić information content (AvgIpc) is 2.68. The molecule has 1 aromatic carbocycles. The van der Waals surface area contributed by atoms with Crippen molar-refractivity contribution in [2.75, 3.05) is 5.73 Å². The van der Waals surface area contributed by atoms with Crippen LogP contribution in [0.15, 0.2) is 54.9 Å². The number of nitrogens with zero attached hydrogens (tertiary/aromatic N) is 2. The summed E-state index contributed by atoms with van der Waals surface area (Å²) in [6, 6.07) is 14.3. The van der Waals surface area contributed by atoms with E-state index in [0.29, 0.717) is 0 Å². The zero-order chi connectivity index (χ0) is 11.7. The molecule has 0 radical (unpaired) electrons. The molecule has 0 saturated carbocycles. The Kier molecular flexibility index (Phi) is 2.29. The third-order valence-corrected chi connectivity index (χ3v) is 2.93. The molecule has 0 aliphatic rings. The zero-order valence-corrected chi connectivity index (χ0v) is 9.38. The van der Waals surface area contributed by atoms with Gasteiger partial charge in [0, 0.05) is 24.3 Å². The summed E-state index contributed by atoms with van der Waals surface area (Å²) in [6.07, 6.45) is 3.61. The van der Waals surface area contributed by atoms with Crippen LogP contribution in [0.2, 0.25) is 0 Å². The largest absolute Gasteiger partial charge is 0.385 e. The lowest BCUT2D eigenvalue weighted by Crippen LogP contribution is -2.03. The van der Waals surface area contributed by atoms with Gasteiger partial charge in [0.2, 0.25) is 0 Å². The van der Waals surface area contributed by atoms with Gasteiger partial charge in [-0.3, -0.25) is 4.98 Å². The molecule has 2 aromatic heterocycles. The summed E-state index contributed by atoms with van der Waals surface area (Å²) in [4.78, 5) is 4.02. The maximum atomic E-state index is 6.05. The van der Waals surface area contributed by atoms with Crippen molar-refractivity contribution in [3.8, 4) is 0 Å². The quantitative estimate of drug-likeness (QED) is 0.725. The Labute approximate surface area is 99.5 Å². The smallest absolute Gasteiger partial charge is 0.104 e. The maximum absolute atomic E-state index is 6.05. The van der Waals surface area contributed by atoms with Gasteiger partial charge in [-0.2, -0.15) is 0 Å². The van der Waals surface area contributed by atoms with Crippen LogP contribution in [0.1, 0.15) is 5.56 Å². The van der Waals surface area contributed by atoms with E-state index in [1.54, 1.807) is 12.4 Å². The van der Waals surface area contributed by atoms with E-state index >= 15 is 0 Å². The number of para-hydroxylation sites is 1. The first kappa shape index (κ1) is 9.90. The predicted molar refractivity (Wildman–Crippen MR) is 69.7 cm³/mol. The molecule has 2 N–H and O–H groups in total. The molecule has 0 unspecified atom stereocenters. The molecule has 0 amide bonds. The van der Waals surface area contributed by atoms with Crippen molar-refractivity contribution in [2.45, 2.75) is 6.54 Å². The van der Waals surface area contributed by atoms with Gasteiger partial charge in [0.05, 0.1) is 5.52 Å². The molecular weight excluding hydrogens is 210 g/mol. The number of hydrogen-bond donors (Lipinski definition) is 1. The van der Waals surface area contributed by atoms with Crippen molar-refractivity contribution >= 4 is 16.7 Å². The second kappa shape index (κ2) is 3.94. The van der Waals surface area contributed by atoms with Gasteiger partial charge in [0.15, 0.2) is 0 Å². The number of anilines is 1. The van der Waals surface area contributed by atoms with Gasteiger partial charge in [-0.1, -0.05) is 18.2 Å². The molecule has 3 rings (SSSR count). The molecule has 3 heteroatoms. The van der Waals surface area contributed by atoms with Crippen LogP contribution in [0.5, 0.6) is 0 Å². The number of hydrogen-bond acceptors (Lipinski definition) is 2. The predicted octanol–water partition coefficient (Wildman–Crippen LogP) is 2.67. The summed E-state index contributed by atoms with van der Waals surface area (Å²) >= 11 is 0. The fraction of sp³-hybridized carbons (Fsp3) is 0.0714. The van der Waals surface area contributed by atoms with Gasteiger partial charge < -0.3 is 10.3 Å². The first-order valence-corrected chi connectivity index (χ1v) is 5.57. The number of aromatic nitrogens is 2.